The van der Waals surface area contributed by atoms with Gasteiger partial charge in [-0.05, 0) is 17.9 Å². The maximum Gasteiger partial charge on any atom is 0.107 e. The fourth-order valence-corrected chi connectivity index (χ4v) is 2.46. The molecule has 1 heterocycles. The number of aromatic nitrogens is 2. The lowest BCUT2D eigenvalue weighted by atomic mass is 10.1. The molecule has 92 valence electrons. The molecule has 0 aliphatic carbocycles. The largest absolute Gasteiger partial charge is 0.342 e. The highest BCUT2D eigenvalue weighted by Gasteiger charge is 2.05. The van der Waals surface area contributed by atoms with E-state index in [2.05, 4.69) is 48.3 Å². The first-order valence-electron chi connectivity index (χ1n) is 6.75. The number of rotatable bonds is 4. The van der Waals surface area contributed by atoms with Crippen LogP contribution in [0, 0.1) is 0 Å². The average Bonchev–Trinajstić information content (AvgIpc) is 2.82. The van der Waals surface area contributed by atoms with Gasteiger partial charge in [0.05, 0.1) is 11.0 Å². The summed E-state index contributed by atoms with van der Waals surface area (Å²) >= 11 is 0. The molecular formula is C16H18N2. The number of imidazole rings is 1. The molecule has 0 unspecified atom stereocenters. The van der Waals surface area contributed by atoms with Crippen LogP contribution in [0.3, 0.4) is 0 Å². The topological polar surface area (TPSA) is 28.7 Å². The normalized spacial score (nSPS) is 11.4. The van der Waals surface area contributed by atoms with Crippen molar-refractivity contribution in [2.24, 2.45) is 0 Å². The van der Waals surface area contributed by atoms with Crippen molar-refractivity contribution in [1.29, 1.82) is 0 Å². The Morgan fingerprint density at radius 3 is 2.83 bits per heavy atom. The van der Waals surface area contributed by atoms with Crippen LogP contribution in [-0.4, -0.2) is 9.97 Å². The van der Waals surface area contributed by atoms with Gasteiger partial charge < -0.3 is 4.98 Å². The molecule has 0 aliphatic rings. The first kappa shape index (κ1) is 11.3. The van der Waals surface area contributed by atoms with Crippen LogP contribution in [0.2, 0.25) is 0 Å². The second kappa shape index (κ2) is 4.81. The Balaban J connectivity index is 2.03. The van der Waals surface area contributed by atoms with E-state index in [9.17, 15) is 0 Å². The molecule has 0 radical (unpaired) electrons. The van der Waals surface area contributed by atoms with Crippen molar-refractivity contribution in [3.8, 4) is 0 Å². The third-order valence-electron chi connectivity index (χ3n) is 3.44. The number of hydrogen-bond donors (Lipinski definition) is 1. The van der Waals surface area contributed by atoms with E-state index in [1.54, 1.807) is 0 Å². The van der Waals surface area contributed by atoms with Gasteiger partial charge in [0.2, 0.25) is 0 Å². The van der Waals surface area contributed by atoms with Crippen LogP contribution in [0.1, 0.15) is 32.0 Å². The summed E-state index contributed by atoms with van der Waals surface area (Å²) < 4.78 is 0. The smallest absolute Gasteiger partial charge is 0.107 e. The first-order valence-corrected chi connectivity index (χ1v) is 6.75. The molecule has 0 aliphatic heterocycles. The zero-order chi connectivity index (χ0) is 12.4. The van der Waals surface area contributed by atoms with E-state index < -0.39 is 0 Å². The zero-order valence-corrected chi connectivity index (χ0v) is 10.7. The SMILES string of the molecule is CCCCCc1nc2c(ccc3ccccc32)[nH]1. The molecule has 1 N–H and O–H groups in total. The molecule has 0 saturated carbocycles. The first-order chi connectivity index (χ1) is 8.88. The van der Waals surface area contributed by atoms with E-state index in [4.69, 9.17) is 4.98 Å². The van der Waals surface area contributed by atoms with Crippen molar-refractivity contribution in [3.05, 3.63) is 42.2 Å². The number of aryl methyl sites for hydroxylation is 1. The Bertz CT molecular complexity index is 667. The van der Waals surface area contributed by atoms with Gasteiger partial charge in [-0.25, -0.2) is 4.98 Å². The van der Waals surface area contributed by atoms with Gasteiger partial charge in [0.15, 0.2) is 0 Å². The van der Waals surface area contributed by atoms with E-state index in [0.717, 1.165) is 23.3 Å². The van der Waals surface area contributed by atoms with Gasteiger partial charge in [0, 0.05) is 11.8 Å². The number of nitrogens with zero attached hydrogens (tertiary/aromatic N) is 1. The Kier molecular flexibility index (Phi) is 3.01. The highest BCUT2D eigenvalue weighted by Crippen LogP contribution is 2.23. The number of fused-ring (bicyclic) bond motifs is 3. The molecule has 0 fully saturated rings. The number of aromatic amines is 1. The lowest BCUT2D eigenvalue weighted by Gasteiger charge is -1.96. The second-order valence-electron chi connectivity index (χ2n) is 4.82. The van der Waals surface area contributed by atoms with Gasteiger partial charge in [-0.1, -0.05) is 50.1 Å². The number of unbranched alkanes of at least 4 members (excludes halogenated alkanes) is 2. The van der Waals surface area contributed by atoms with E-state index in [-0.39, 0.29) is 0 Å². The van der Waals surface area contributed by atoms with Gasteiger partial charge in [-0.2, -0.15) is 0 Å². The van der Waals surface area contributed by atoms with Crippen molar-refractivity contribution >= 4 is 21.8 Å². The number of benzene rings is 2. The van der Waals surface area contributed by atoms with Crippen LogP contribution in [-0.2, 0) is 6.42 Å². The summed E-state index contributed by atoms with van der Waals surface area (Å²) in [4.78, 5) is 8.19. The summed E-state index contributed by atoms with van der Waals surface area (Å²) in [7, 11) is 0. The Labute approximate surface area is 107 Å². The lowest BCUT2D eigenvalue weighted by molar-refractivity contribution is 0.700. The predicted octanol–water partition coefficient (Wildman–Crippen LogP) is 4.45. The Morgan fingerprint density at radius 2 is 1.94 bits per heavy atom. The molecule has 3 aromatic rings. The number of H-pyrrole nitrogens is 1. The van der Waals surface area contributed by atoms with Crippen molar-refractivity contribution in [1.82, 2.24) is 9.97 Å². The Morgan fingerprint density at radius 1 is 1.06 bits per heavy atom. The minimum atomic E-state index is 1.05. The molecule has 18 heavy (non-hydrogen) atoms. The van der Waals surface area contributed by atoms with Gasteiger partial charge in [-0.15, -0.1) is 0 Å². The number of hydrogen-bond acceptors (Lipinski definition) is 1. The monoisotopic (exact) mass is 238 g/mol. The standard InChI is InChI=1S/C16H18N2/c1-2-3-4-9-15-17-14-11-10-12-7-5-6-8-13(12)16(14)18-15/h5-8,10-11H,2-4,9H2,1H3,(H,17,18). The molecule has 0 amide bonds. The summed E-state index contributed by atoms with van der Waals surface area (Å²) in [6.45, 7) is 2.23. The summed E-state index contributed by atoms with van der Waals surface area (Å²) in [6.07, 6.45) is 4.80. The van der Waals surface area contributed by atoms with E-state index in [1.807, 2.05) is 0 Å². The third kappa shape index (κ3) is 1.99. The second-order valence-corrected chi connectivity index (χ2v) is 4.82. The lowest BCUT2D eigenvalue weighted by Crippen LogP contribution is -1.87. The van der Waals surface area contributed by atoms with Gasteiger partial charge in [-0.3, -0.25) is 0 Å². The van der Waals surface area contributed by atoms with Crippen LogP contribution in [0.15, 0.2) is 36.4 Å². The van der Waals surface area contributed by atoms with Crippen molar-refractivity contribution in [3.63, 3.8) is 0 Å². The van der Waals surface area contributed by atoms with Crippen LogP contribution in [0.5, 0.6) is 0 Å². The molecule has 2 heteroatoms. The predicted molar refractivity (Wildman–Crippen MR) is 76.8 cm³/mol. The van der Waals surface area contributed by atoms with Crippen LogP contribution >= 0.6 is 0 Å². The minimum Gasteiger partial charge on any atom is -0.342 e. The summed E-state index contributed by atoms with van der Waals surface area (Å²) in [5.41, 5.74) is 2.26. The molecule has 2 nitrogen and oxygen atoms in total. The van der Waals surface area contributed by atoms with Crippen molar-refractivity contribution in [2.45, 2.75) is 32.6 Å². The summed E-state index contributed by atoms with van der Waals surface area (Å²) in [5.74, 6) is 1.12. The maximum atomic E-state index is 4.76. The highest BCUT2D eigenvalue weighted by molar-refractivity contribution is 6.04. The van der Waals surface area contributed by atoms with Gasteiger partial charge in [0.25, 0.3) is 0 Å². The van der Waals surface area contributed by atoms with Crippen LogP contribution < -0.4 is 0 Å². The Hall–Kier alpha value is -1.83. The molecule has 0 spiro atoms. The van der Waals surface area contributed by atoms with E-state index in [1.165, 1.54) is 30.0 Å². The molecule has 2 aromatic carbocycles. The molecule has 0 atom stereocenters. The molecule has 3 rings (SSSR count). The van der Waals surface area contributed by atoms with E-state index in [0.29, 0.717) is 0 Å². The molecule has 0 saturated heterocycles. The molecule has 0 bridgehead atoms. The zero-order valence-electron chi connectivity index (χ0n) is 10.7. The van der Waals surface area contributed by atoms with Crippen LogP contribution in [0.4, 0.5) is 0 Å². The average molecular weight is 238 g/mol. The minimum absolute atomic E-state index is 1.05. The molecular weight excluding hydrogens is 220 g/mol. The fourth-order valence-electron chi connectivity index (χ4n) is 2.46. The summed E-state index contributed by atoms with van der Waals surface area (Å²) in [5, 5.41) is 2.50. The van der Waals surface area contributed by atoms with Gasteiger partial charge >= 0.3 is 0 Å². The van der Waals surface area contributed by atoms with E-state index >= 15 is 0 Å². The van der Waals surface area contributed by atoms with Crippen molar-refractivity contribution in [2.75, 3.05) is 0 Å². The summed E-state index contributed by atoms with van der Waals surface area (Å²) in [6, 6.07) is 12.7. The maximum absolute atomic E-state index is 4.76. The fraction of sp³-hybridized carbons (Fsp3) is 0.312. The van der Waals surface area contributed by atoms with Gasteiger partial charge in [0.1, 0.15) is 5.82 Å². The quantitative estimate of drug-likeness (QED) is 0.668. The number of nitrogens with one attached hydrogen (secondary N) is 1. The molecule has 1 aromatic heterocycles. The third-order valence-corrected chi connectivity index (χ3v) is 3.44. The highest BCUT2D eigenvalue weighted by atomic mass is 14.9. The van der Waals surface area contributed by atoms with Crippen LogP contribution in [0.25, 0.3) is 21.8 Å². The van der Waals surface area contributed by atoms with Crippen molar-refractivity contribution < 1.29 is 0 Å².